The highest BCUT2D eigenvalue weighted by Crippen LogP contribution is 2.06. The minimum absolute atomic E-state index is 0.0106. The molecule has 88 valence electrons. The lowest BCUT2D eigenvalue weighted by atomic mass is 10.5. The molecular weight excluding hydrogens is 288 g/mol. The lowest BCUT2D eigenvalue weighted by Crippen LogP contribution is -2.01. The van der Waals surface area contributed by atoms with Crippen molar-refractivity contribution in [2.75, 3.05) is 0 Å². The largest absolute Gasteiger partial charge is 0.416 e. The van der Waals surface area contributed by atoms with Gasteiger partial charge in [0.15, 0.2) is 10.2 Å². The molecule has 0 aliphatic heterocycles. The summed E-state index contributed by atoms with van der Waals surface area (Å²) in [5, 5.41) is 2.39. The van der Waals surface area contributed by atoms with Gasteiger partial charge in [-0.15, -0.1) is 50.5 Å². The molecule has 0 bridgehead atoms. The molecule has 0 saturated carbocycles. The van der Waals surface area contributed by atoms with Crippen molar-refractivity contribution in [3.05, 3.63) is 33.2 Å². The summed E-state index contributed by atoms with van der Waals surface area (Å²) < 4.78 is 9.10. The van der Waals surface area contributed by atoms with E-state index < -0.39 is 11.9 Å². The van der Waals surface area contributed by atoms with E-state index in [0.717, 1.165) is 12.2 Å². The van der Waals surface area contributed by atoms with Crippen LogP contribution in [0.15, 0.2) is 33.2 Å². The number of ether oxygens (including phenoxy) is 2. The van der Waals surface area contributed by atoms with E-state index in [2.05, 4.69) is 60.0 Å². The SMILES string of the molecule is O=C(/C=C/C(=O)OC(S)=CS)OC(S)=CS. The standard InChI is InChI=1S/C8H8O4S4/c9-5(11-7(15)3-13)1-2-6(10)12-8(16)4-14/h1-4,13-16H/b2-1+,7-3?,8-4?. The van der Waals surface area contributed by atoms with Crippen molar-refractivity contribution in [1.82, 2.24) is 0 Å². The summed E-state index contributed by atoms with van der Waals surface area (Å²) >= 11 is 14.9. The Morgan fingerprint density at radius 3 is 1.38 bits per heavy atom. The second kappa shape index (κ2) is 8.68. The highest BCUT2D eigenvalue weighted by atomic mass is 32.1. The first-order valence-electron chi connectivity index (χ1n) is 3.68. The first kappa shape index (κ1) is 15.6. The van der Waals surface area contributed by atoms with E-state index >= 15 is 0 Å². The van der Waals surface area contributed by atoms with Crippen molar-refractivity contribution < 1.29 is 19.1 Å². The van der Waals surface area contributed by atoms with Crippen LogP contribution < -0.4 is 0 Å². The molecule has 0 radical (unpaired) electrons. The summed E-state index contributed by atoms with van der Waals surface area (Å²) in [4.78, 5) is 22.0. The molecular formula is C8H8O4S4. The van der Waals surface area contributed by atoms with Crippen molar-refractivity contribution in [3.63, 3.8) is 0 Å². The lowest BCUT2D eigenvalue weighted by Gasteiger charge is -1.98. The van der Waals surface area contributed by atoms with E-state index in [1.54, 1.807) is 0 Å². The fourth-order valence-electron chi connectivity index (χ4n) is 0.463. The average molecular weight is 296 g/mol. The quantitative estimate of drug-likeness (QED) is 0.277. The van der Waals surface area contributed by atoms with Gasteiger partial charge in [0.25, 0.3) is 0 Å². The zero-order valence-corrected chi connectivity index (χ0v) is 11.3. The Bertz CT molecular complexity index is 325. The van der Waals surface area contributed by atoms with Crippen molar-refractivity contribution in [3.8, 4) is 0 Å². The van der Waals surface area contributed by atoms with E-state index in [1.807, 2.05) is 0 Å². The van der Waals surface area contributed by atoms with Gasteiger partial charge in [0.2, 0.25) is 0 Å². The van der Waals surface area contributed by atoms with Crippen molar-refractivity contribution in [2.24, 2.45) is 0 Å². The molecule has 0 fully saturated rings. The third-order valence-corrected chi connectivity index (χ3v) is 2.30. The molecule has 0 aromatic carbocycles. The molecule has 0 aliphatic carbocycles. The maximum Gasteiger partial charge on any atom is 0.336 e. The molecule has 0 heterocycles. The van der Waals surface area contributed by atoms with E-state index in [4.69, 9.17) is 0 Å². The molecule has 4 nitrogen and oxygen atoms in total. The summed E-state index contributed by atoms with van der Waals surface area (Å²) in [5.41, 5.74) is 0. The zero-order chi connectivity index (χ0) is 12.6. The zero-order valence-electron chi connectivity index (χ0n) is 7.73. The topological polar surface area (TPSA) is 52.6 Å². The van der Waals surface area contributed by atoms with Crippen molar-refractivity contribution >= 4 is 62.5 Å². The predicted octanol–water partition coefficient (Wildman–Crippen LogP) is 1.95. The van der Waals surface area contributed by atoms with Crippen LogP contribution in [0.4, 0.5) is 0 Å². The van der Waals surface area contributed by atoms with Gasteiger partial charge >= 0.3 is 11.9 Å². The van der Waals surface area contributed by atoms with Crippen molar-refractivity contribution in [1.29, 1.82) is 0 Å². The van der Waals surface area contributed by atoms with Crippen LogP contribution in [0.1, 0.15) is 0 Å². The van der Waals surface area contributed by atoms with Gasteiger partial charge in [-0.2, -0.15) is 0 Å². The van der Waals surface area contributed by atoms with Crippen LogP contribution in [0.5, 0.6) is 0 Å². The third kappa shape index (κ3) is 7.80. The Morgan fingerprint density at radius 1 is 0.812 bits per heavy atom. The molecule has 0 aliphatic rings. The minimum atomic E-state index is -0.775. The van der Waals surface area contributed by atoms with Gasteiger partial charge in [0.1, 0.15) is 0 Å². The average Bonchev–Trinajstić information content (AvgIpc) is 2.26. The number of thiol groups is 4. The van der Waals surface area contributed by atoms with Crippen LogP contribution >= 0.6 is 50.5 Å². The van der Waals surface area contributed by atoms with E-state index in [9.17, 15) is 9.59 Å². The normalized spacial score (nSPS) is 12.8. The number of hydrogen-bond acceptors (Lipinski definition) is 8. The Hall–Kier alpha value is -0.440. The third-order valence-electron chi connectivity index (χ3n) is 0.987. The maximum atomic E-state index is 11.0. The summed E-state index contributed by atoms with van der Waals surface area (Å²) in [6, 6.07) is 0. The summed E-state index contributed by atoms with van der Waals surface area (Å²) in [5.74, 6) is -1.55. The molecule has 0 rings (SSSR count). The Balaban J connectivity index is 4.18. The number of esters is 2. The Kier molecular flexibility index (Phi) is 8.44. The molecule has 0 aromatic heterocycles. The minimum Gasteiger partial charge on any atom is -0.416 e. The summed E-state index contributed by atoms with van der Waals surface area (Å²) in [6.07, 6.45) is 1.77. The molecule has 0 spiro atoms. The fourth-order valence-corrected chi connectivity index (χ4v) is 0.748. The molecule has 0 unspecified atom stereocenters. The maximum absolute atomic E-state index is 11.0. The highest BCUT2D eigenvalue weighted by molar-refractivity contribution is 7.88. The van der Waals surface area contributed by atoms with Crippen molar-refractivity contribution in [2.45, 2.75) is 0 Å². The van der Waals surface area contributed by atoms with Crippen LogP contribution in [-0.4, -0.2) is 11.9 Å². The lowest BCUT2D eigenvalue weighted by molar-refractivity contribution is -0.135. The predicted molar refractivity (Wildman–Crippen MR) is 73.4 cm³/mol. The van der Waals surface area contributed by atoms with Gasteiger partial charge in [-0.25, -0.2) is 9.59 Å². The van der Waals surface area contributed by atoms with Crippen LogP contribution in [0.3, 0.4) is 0 Å². The molecule has 16 heavy (non-hydrogen) atoms. The molecule has 0 atom stereocenters. The van der Waals surface area contributed by atoms with Gasteiger partial charge in [-0.3, -0.25) is 0 Å². The fraction of sp³-hybridized carbons (Fsp3) is 0. The molecule has 8 heteroatoms. The van der Waals surface area contributed by atoms with Crippen LogP contribution in [0.2, 0.25) is 0 Å². The molecule has 0 saturated heterocycles. The summed E-state index contributed by atoms with van der Waals surface area (Å²) in [6.45, 7) is 0. The first-order chi connectivity index (χ1) is 7.49. The van der Waals surface area contributed by atoms with E-state index in [0.29, 0.717) is 0 Å². The molecule has 0 amide bonds. The highest BCUT2D eigenvalue weighted by Gasteiger charge is 2.02. The van der Waals surface area contributed by atoms with Crippen LogP contribution in [-0.2, 0) is 19.1 Å². The molecule has 0 N–H and O–H groups in total. The first-order valence-corrected chi connectivity index (χ1v) is 5.60. The van der Waals surface area contributed by atoms with Gasteiger partial charge in [-0.1, -0.05) is 0 Å². The smallest absolute Gasteiger partial charge is 0.336 e. The second-order valence-electron chi connectivity index (χ2n) is 2.11. The number of carbonyl (C=O) groups is 2. The number of rotatable bonds is 4. The Morgan fingerprint density at radius 2 is 1.12 bits per heavy atom. The van der Waals surface area contributed by atoms with E-state index in [-0.39, 0.29) is 10.2 Å². The summed E-state index contributed by atoms with van der Waals surface area (Å²) in [7, 11) is 0. The van der Waals surface area contributed by atoms with Gasteiger partial charge in [0, 0.05) is 23.0 Å². The molecule has 0 aromatic rings. The van der Waals surface area contributed by atoms with Gasteiger partial charge < -0.3 is 9.47 Å². The Labute approximate surface area is 114 Å². The van der Waals surface area contributed by atoms with Crippen LogP contribution in [0.25, 0.3) is 0 Å². The van der Waals surface area contributed by atoms with E-state index in [1.165, 1.54) is 10.8 Å². The van der Waals surface area contributed by atoms with Crippen LogP contribution in [0, 0.1) is 0 Å². The van der Waals surface area contributed by atoms with Gasteiger partial charge in [-0.05, 0) is 0 Å². The number of hydrogen-bond donors (Lipinski definition) is 4. The second-order valence-corrected chi connectivity index (χ2v) is 3.51. The monoisotopic (exact) mass is 296 g/mol. The number of carbonyl (C=O) groups excluding carboxylic acids is 2. The van der Waals surface area contributed by atoms with Gasteiger partial charge in [0.05, 0.1) is 0 Å².